The van der Waals surface area contributed by atoms with Crippen molar-refractivity contribution in [2.75, 3.05) is 19.6 Å². The number of nitrogens with one attached hydrogen (secondary N) is 1. The zero-order valence-electron chi connectivity index (χ0n) is 11.1. The molecular formula is C12H14BrF3N2O2S. The first-order valence-electron chi connectivity index (χ1n) is 6.23. The van der Waals surface area contributed by atoms with Crippen LogP contribution in [0, 0.1) is 0 Å². The summed E-state index contributed by atoms with van der Waals surface area (Å²) in [6.45, 7) is 2.88. The largest absolute Gasteiger partial charge is 0.416 e. The van der Waals surface area contributed by atoms with Crippen LogP contribution in [0.25, 0.3) is 0 Å². The van der Waals surface area contributed by atoms with E-state index in [-0.39, 0.29) is 22.0 Å². The van der Waals surface area contributed by atoms with Crippen molar-refractivity contribution in [3.8, 4) is 0 Å². The van der Waals surface area contributed by atoms with Gasteiger partial charge in [-0.05, 0) is 41.1 Å². The average Bonchev–Trinajstić information content (AvgIpc) is 2.37. The van der Waals surface area contributed by atoms with Crippen LogP contribution in [-0.2, 0) is 16.2 Å². The lowest BCUT2D eigenvalue weighted by Crippen LogP contribution is -2.52. The molecule has 0 bridgehead atoms. The van der Waals surface area contributed by atoms with Crippen molar-refractivity contribution >= 4 is 26.0 Å². The van der Waals surface area contributed by atoms with E-state index < -0.39 is 21.8 Å². The van der Waals surface area contributed by atoms with Crippen LogP contribution in [-0.4, -0.2) is 38.4 Å². The predicted molar refractivity (Wildman–Crippen MR) is 75.4 cm³/mol. The lowest BCUT2D eigenvalue weighted by molar-refractivity contribution is -0.137. The molecule has 1 saturated heterocycles. The molecule has 1 unspecified atom stereocenters. The van der Waals surface area contributed by atoms with E-state index in [1.165, 1.54) is 4.31 Å². The van der Waals surface area contributed by atoms with Gasteiger partial charge in [0.2, 0.25) is 10.0 Å². The van der Waals surface area contributed by atoms with E-state index in [0.29, 0.717) is 19.2 Å². The SMILES string of the molecule is CC1CNCCN1S(=O)(=O)c1cc(C(F)(F)F)ccc1Br. The molecule has 9 heteroatoms. The maximum Gasteiger partial charge on any atom is 0.416 e. The van der Waals surface area contributed by atoms with Gasteiger partial charge in [-0.3, -0.25) is 0 Å². The molecule has 118 valence electrons. The molecule has 1 aromatic rings. The monoisotopic (exact) mass is 386 g/mol. The van der Waals surface area contributed by atoms with Gasteiger partial charge in [-0.2, -0.15) is 17.5 Å². The second kappa shape index (κ2) is 5.86. The molecule has 21 heavy (non-hydrogen) atoms. The number of sulfonamides is 1. The molecular weight excluding hydrogens is 373 g/mol. The third-order valence-corrected chi connectivity index (χ3v) is 6.29. The van der Waals surface area contributed by atoms with E-state index in [4.69, 9.17) is 0 Å². The molecule has 0 aliphatic carbocycles. The van der Waals surface area contributed by atoms with Gasteiger partial charge in [0.25, 0.3) is 0 Å². The van der Waals surface area contributed by atoms with Crippen LogP contribution in [0.2, 0.25) is 0 Å². The fourth-order valence-corrected chi connectivity index (χ4v) is 4.77. The highest BCUT2D eigenvalue weighted by atomic mass is 79.9. The van der Waals surface area contributed by atoms with Crippen molar-refractivity contribution in [1.82, 2.24) is 9.62 Å². The van der Waals surface area contributed by atoms with Crippen molar-refractivity contribution in [2.24, 2.45) is 0 Å². The summed E-state index contributed by atoms with van der Waals surface area (Å²) in [6.07, 6.45) is -4.58. The molecule has 1 aromatic carbocycles. The normalized spacial score (nSPS) is 21.5. The van der Waals surface area contributed by atoms with Crippen molar-refractivity contribution in [2.45, 2.75) is 24.0 Å². The minimum absolute atomic E-state index is 0.126. The van der Waals surface area contributed by atoms with E-state index >= 15 is 0 Å². The molecule has 0 aromatic heterocycles. The first kappa shape index (κ1) is 16.7. The summed E-state index contributed by atoms with van der Waals surface area (Å²) in [5, 5.41) is 3.04. The molecule has 0 saturated carbocycles. The fourth-order valence-electron chi connectivity index (χ4n) is 2.18. The Labute approximate surface area is 129 Å². The van der Waals surface area contributed by atoms with Gasteiger partial charge in [0.05, 0.1) is 10.5 Å². The molecule has 1 heterocycles. The maximum atomic E-state index is 12.8. The quantitative estimate of drug-likeness (QED) is 0.849. The second-order valence-corrected chi connectivity index (χ2v) is 7.53. The molecule has 0 spiro atoms. The van der Waals surface area contributed by atoms with Gasteiger partial charge >= 0.3 is 6.18 Å². The number of alkyl halides is 3. The summed E-state index contributed by atoms with van der Waals surface area (Å²) in [7, 11) is -3.98. The molecule has 1 atom stereocenters. The molecule has 1 aliphatic rings. The zero-order chi connectivity index (χ0) is 15.8. The first-order chi connectivity index (χ1) is 9.64. The molecule has 0 radical (unpaired) electrons. The highest BCUT2D eigenvalue weighted by Crippen LogP contribution is 2.34. The van der Waals surface area contributed by atoms with E-state index in [1.54, 1.807) is 6.92 Å². The van der Waals surface area contributed by atoms with Gasteiger partial charge in [0.1, 0.15) is 0 Å². The highest BCUT2D eigenvalue weighted by Gasteiger charge is 2.36. The van der Waals surface area contributed by atoms with Crippen molar-refractivity contribution in [3.05, 3.63) is 28.2 Å². The van der Waals surface area contributed by atoms with Crippen LogP contribution in [0.1, 0.15) is 12.5 Å². The second-order valence-electron chi connectivity index (χ2n) is 4.81. The van der Waals surface area contributed by atoms with Crippen LogP contribution in [0.3, 0.4) is 0 Å². The molecule has 1 fully saturated rings. The molecule has 4 nitrogen and oxygen atoms in total. The minimum Gasteiger partial charge on any atom is -0.314 e. The van der Waals surface area contributed by atoms with Gasteiger partial charge in [-0.25, -0.2) is 8.42 Å². The average molecular weight is 387 g/mol. The minimum atomic E-state index is -4.58. The predicted octanol–water partition coefficient (Wildman–Crippen LogP) is 2.45. The van der Waals surface area contributed by atoms with E-state index in [9.17, 15) is 21.6 Å². The zero-order valence-corrected chi connectivity index (χ0v) is 13.5. The van der Waals surface area contributed by atoms with Gasteiger partial charge in [-0.15, -0.1) is 0 Å². The molecule has 0 amide bonds. The highest BCUT2D eigenvalue weighted by molar-refractivity contribution is 9.10. The summed E-state index contributed by atoms with van der Waals surface area (Å²) < 4.78 is 64.9. The Bertz CT molecular complexity index is 634. The van der Waals surface area contributed by atoms with E-state index in [2.05, 4.69) is 21.2 Å². The Hall–Kier alpha value is -0.640. The summed E-state index contributed by atoms with van der Waals surface area (Å²) >= 11 is 3.03. The van der Waals surface area contributed by atoms with Gasteiger partial charge in [-0.1, -0.05) is 0 Å². The van der Waals surface area contributed by atoms with Crippen LogP contribution in [0.5, 0.6) is 0 Å². The number of benzene rings is 1. The number of rotatable bonds is 2. The Morgan fingerprint density at radius 3 is 2.62 bits per heavy atom. The van der Waals surface area contributed by atoms with Crippen molar-refractivity contribution in [1.29, 1.82) is 0 Å². The number of hydrogen-bond acceptors (Lipinski definition) is 3. The van der Waals surface area contributed by atoms with Crippen LogP contribution >= 0.6 is 15.9 Å². The summed E-state index contributed by atoms with van der Waals surface area (Å²) in [5.41, 5.74) is -0.980. The Balaban J connectivity index is 2.49. The molecule has 1 aliphatic heterocycles. The lowest BCUT2D eigenvalue weighted by Gasteiger charge is -2.33. The number of piperazine rings is 1. The van der Waals surface area contributed by atoms with Crippen LogP contribution in [0.15, 0.2) is 27.6 Å². The maximum absolute atomic E-state index is 12.8. The first-order valence-corrected chi connectivity index (χ1v) is 8.46. The lowest BCUT2D eigenvalue weighted by atomic mass is 10.2. The van der Waals surface area contributed by atoms with Gasteiger partial charge in [0.15, 0.2) is 0 Å². The van der Waals surface area contributed by atoms with Crippen molar-refractivity contribution < 1.29 is 21.6 Å². The van der Waals surface area contributed by atoms with Crippen LogP contribution in [0.4, 0.5) is 13.2 Å². The number of halogens is 4. The van der Waals surface area contributed by atoms with E-state index in [1.807, 2.05) is 0 Å². The third kappa shape index (κ3) is 3.41. The number of nitrogens with zero attached hydrogens (tertiary/aromatic N) is 1. The Morgan fingerprint density at radius 1 is 1.38 bits per heavy atom. The number of hydrogen-bond donors (Lipinski definition) is 1. The van der Waals surface area contributed by atoms with E-state index in [0.717, 1.165) is 12.1 Å². The fraction of sp³-hybridized carbons (Fsp3) is 0.500. The summed E-state index contributed by atoms with van der Waals surface area (Å²) in [5.74, 6) is 0. The third-order valence-electron chi connectivity index (χ3n) is 3.29. The standard InChI is InChI=1S/C12H14BrF3N2O2S/c1-8-7-17-4-5-18(8)21(19,20)11-6-9(12(14,15)16)2-3-10(11)13/h2-3,6,8,17H,4-5,7H2,1H3. The summed E-state index contributed by atoms with van der Waals surface area (Å²) in [6, 6.07) is 2.33. The van der Waals surface area contributed by atoms with Gasteiger partial charge < -0.3 is 5.32 Å². The summed E-state index contributed by atoms with van der Waals surface area (Å²) in [4.78, 5) is -0.355. The topological polar surface area (TPSA) is 49.4 Å². The van der Waals surface area contributed by atoms with Crippen molar-refractivity contribution in [3.63, 3.8) is 0 Å². The van der Waals surface area contributed by atoms with Crippen LogP contribution < -0.4 is 5.32 Å². The Morgan fingerprint density at radius 2 is 2.05 bits per heavy atom. The smallest absolute Gasteiger partial charge is 0.314 e. The van der Waals surface area contributed by atoms with Gasteiger partial charge in [0, 0.05) is 30.1 Å². The molecule has 1 N–H and O–H groups in total. The Kier molecular flexibility index (Phi) is 4.67. The molecule has 2 rings (SSSR count).